The quantitative estimate of drug-likeness (QED) is 0.363. The Balaban J connectivity index is 1.83. The summed E-state index contributed by atoms with van der Waals surface area (Å²) in [7, 11) is 1.54. The highest BCUT2D eigenvalue weighted by Crippen LogP contribution is 2.25. The number of methoxy groups -OCH3 is 1. The summed E-state index contributed by atoms with van der Waals surface area (Å²) in [5.74, 6) is -2.25. The Morgan fingerprint density at radius 2 is 1.68 bits per heavy atom. The topological polar surface area (TPSA) is 150 Å². The van der Waals surface area contributed by atoms with Crippen LogP contribution in [-0.2, 0) is 4.79 Å². The van der Waals surface area contributed by atoms with Crippen molar-refractivity contribution in [2.24, 2.45) is 0 Å². The minimum Gasteiger partial charge on any atom is -0.497 e. The molecule has 3 rings (SSSR count). The second-order valence-corrected chi connectivity index (χ2v) is 7.54. The average molecular weight is 485 g/mol. The second-order valence-electron chi connectivity index (χ2n) is 7.11. The van der Waals surface area contributed by atoms with Crippen LogP contribution in [0.5, 0.6) is 5.75 Å². The van der Waals surface area contributed by atoms with E-state index in [0.717, 1.165) is 17.3 Å². The maximum absolute atomic E-state index is 13.0. The Morgan fingerprint density at radius 3 is 2.24 bits per heavy atom. The summed E-state index contributed by atoms with van der Waals surface area (Å²) in [5.41, 5.74) is 0.340. The van der Waals surface area contributed by atoms with Gasteiger partial charge in [0.05, 0.1) is 19.6 Å². The predicted molar refractivity (Wildman–Crippen MR) is 123 cm³/mol. The van der Waals surface area contributed by atoms with Crippen LogP contribution in [0.2, 0.25) is 5.02 Å². The number of H-pyrrole nitrogens is 1. The lowest BCUT2D eigenvalue weighted by atomic mass is 9.98. The summed E-state index contributed by atoms with van der Waals surface area (Å²) >= 11 is 5.99. The molecule has 1 atom stereocenters. The van der Waals surface area contributed by atoms with Crippen molar-refractivity contribution >= 4 is 29.4 Å². The molecule has 176 valence electrons. The third-order valence-electron chi connectivity index (χ3n) is 4.81. The maximum Gasteiger partial charge on any atom is 0.305 e. The third kappa shape index (κ3) is 6.20. The number of amides is 2. The Labute approximate surface area is 198 Å². The van der Waals surface area contributed by atoms with Crippen LogP contribution in [0, 0.1) is 0 Å². The van der Waals surface area contributed by atoms with Crippen LogP contribution in [0.4, 0.5) is 0 Å². The van der Waals surface area contributed by atoms with E-state index in [9.17, 15) is 19.2 Å². The van der Waals surface area contributed by atoms with Gasteiger partial charge in [0.15, 0.2) is 5.82 Å². The van der Waals surface area contributed by atoms with Gasteiger partial charge in [0.1, 0.15) is 11.3 Å². The van der Waals surface area contributed by atoms with Crippen molar-refractivity contribution in [1.82, 2.24) is 20.6 Å². The molecule has 1 heterocycles. The van der Waals surface area contributed by atoms with Gasteiger partial charge in [0.2, 0.25) is 0 Å². The standard InChI is InChI=1S/C23H21ClN4O6/c1-34-16-8-4-14(5-9-16)19(13-2-6-15(24)7-3-13)27-21(31)17-12-26-20(28-22(17)32)23(33)25-11-10-18(29)30/h2-9,12,19H,10-11H2,1H3,(H,25,33)(H,27,31)(H,29,30)(H,26,28,32). The van der Waals surface area contributed by atoms with E-state index in [1.807, 2.05) is 0 Å². The Hall–Kier alpha value is -4.18. The minimum absolute atomic E-state index is 0.134. The van der Waals surface area contributed by atoms with Crippen LogP contribution in [-0.4, -0.2) is 46.5 Å². The zero-order valence-corrected chi connectivity index (χ0v) is 18.8. The van der Waals surface area contributed by atoms with Crippen molar-refractivity contribution < 1.29 is 24.2 Å². The van der Waals surface area contributed by atoms with E-state index in [1.165, 1.54) is 0 Å². The van der Waals surface area contributed by atoms with Crippen molar-refractivity contribution in [3.05, 3.63) is 92.6 Å². The van der Waals surface area contributed by atoms with Crippen LogP contribution >= 0.6 is 11.6 Å². The number of benzene rings is 2. The number of ether oxygens (including phenoxy) is 1. The molecular formula is C23H21ClN4O6. The summed E-state index contributed by atoms with van der Waals surface area (Å²) in [6, 6.07) is 13.3. The van der Waals surface area contributed by atoms with Gasteiger partial charge in [-0.05, 0) is 35.4 Å². The molecule has 3 aromatic rings. The first-order chi connectivity index (χ1) is 16.3. The number of nitrogens with zero attached hydrogens (tertiary/aromatic N) is 1. The van der Waals surface area contributed by atoms with Gasteiger partial charge >= 0.3 is 5.97 Å². The number of nitrogens with one attached hydrogen (secondary N) is 3. The van der Waals surface area contributed by atoms with E-state index in [2.05, 4.69) is 20.6 Å². The molecule has 0 saturated carbocycles. The first-order valence-corrected chi connectivity index (χ1v) is 10.5. The zero-order chi connectivity index (χ0) is 24.7. The van der Waals surface area contributed by atoms with Gasteiger partial charge in [-0.2, -0.15) is 0 Å². The molecule has 1 unspecified atom stereocenters. The minimum atomic E-state index is -1.08. The molecule has 0 saturated heterocycles. The van der Waals surface area contributed by atoms with Crippen molar-refractivity contribution in [3.8, 4) is 5.75 Å². The van der Waals surface area contributed by atoms with E-state index in [-0.39, 0.29) is 24.4 Å². The molecular weight excluding hydrogens is 464 g/mol. The number of rotatable bonds is 9. The lowest BCUT2D eigenvalue weighted by molar-refractivity contribution is -0.136. The van der Waals surface area contributed by atoms with E-state index >= 15 is 0 Å². The van der Waals surface area contributed by atoms with Gasteiger partial charge in [0.25, 0.3) is 17.4 Å². The Kier molecular flexibility index (Phi) is 7.99. The van der Waals surface area contributed by atoms with Crippen molar-refractivity contribution in [2.45, 2.75) is 12.5 Å². The fraction of sp³-hybridized carbons (Fsp3) is 0.174. The molecule has 0 aliphatic rings. The fourth-order valence-electron chi connectivity index (χ4n) is 3.06. The molecule has 2 aromatic carbocycles. The highest BCUT2D eigenvalue weighted by atomic mass is 35.5. The van der Waals surface area contributed by atoms with Crippen LogP contribution in [0.1, 0.15) is 44.6 Å². The molecule has 10 nitrogen and oxygen atoms in total. The van der Waals surface area contributed by atoms with Gasteiger partial charge in [0, 0.05) is 17.8 Å². The van der Waals surface area contributed by atoms with Crippen LogP contribution in [0.25, 0.3) is 0 Å². The second kappa shape index (κ2) is 11.1. The third-order valence-corrected chi connectivity index (χ3v) is 5.06. The van der Waals surface area contributed by atoms with E-state index in [4.69, 9.17) is 21.4 Å². The molecule has 0 radical (unpaired) electrons. The van der Waals surface area contributed by atoms with Gasteiger partial charge in [-0.3, -0.25) is 19.2 Å². The number of aliphatic carboxylic acids is 1. The fourth-order valence-corrected chi connectivity index (χ4v) is 3.18. The Morgan fingerprint density at radius 1 is 1.06 bits per heavy atom. The molecule has 11 heteroatoms. The molecule has 0 aliphatic carbocycles. The number of hydrogen-bond acceptors (Lipinski definition) is 6. The van der Waals surface area contributed by atoms with Crippen LogP contribution in [0.3, 0.4) is 0 Å². The molecule has 34 heavy (non-hydrogen) atoms. The smallest absolute Gasteiger partial charge is 0.305 e. The summed E-state index contributed by atoms with van der Waals surface area (Å²) in [5, 5.41) is 14.3. The molecule has 1 aromatic heterocycles. The zero-order valence-electron chi connectivity index (χ0n) is 18.0. The first-order valence-electron chi connectivity index (χ1n) is 10.1. The largest absolute Gasteiger partial charge is 0.497 e. The van der Waals surface area contributed by atoms with E-state index < -0.39 is 29.4 Å². The summed E-state index contributed by atoms with van der Waals surface area (Å²) < 4.78 is 5.18. The number of carbonyl (C=O) groups excluding carboxylic acids is 2. The summed E-state index contributed by atoms with van der Waals surface area (Å²) in [6.45, 7) is -0.134. The highest BCUT2D eigenvalue weighted by molar-refractivity contribution is 6.30. The van der Waals surface area contributed by atoms with Crippen LogP contribution in [0.15, 0.2) is 59.5 Å². The lowest BCUT2D eigenvalue weighted by Gasteiger charge is -2.20. The molecule has 2 amide bonds. The first kappa shape index (κ1) is 24.5. The van der Waals surface area contributed by atoms with Crippen LogP contribution < -0.4 is 20.9 Å². The van der Waals surface area contributed by atoms with Crippen molar-refractivity contribution in [1.29, 1.82) is 0 Å². The van der Waals surface area contributed by atoms with E-state index in [1.54, 1.807) is 55.6 Å². The van der Waals surface area contributed by atoms with Crippen molar-refractivity contribution in [3.63, 3.8) is 0 Å². The number of aromatic amines is 1. The van der Waals surface area contributed by atoms with Gasteiger partial charge in [-0.1, -0.05) is 35.9 Å². The van der Waals surface area contributed by atoms with Gasteiger partial charge in [-0.25, -0.2) is 4.98 Å². The van der Waals surface area contributed by atoms with Gasteiger partial charge < -0.3 is 25.5 Å². The molecule has 0 bridgehead atoms. The monoisotopic (exact) mass is 484 g/mol. The number of halogens is 1. The lowest BCUT2D eigenvalue weighted by Crippen LogP contribution is -2.35. The van der Waals surface area contributed by atoms with Crippen molar-refractivity contribution in [2.75, 3.05) is 13.7 Å². The number of carboxylic acids is 1. The maximum atomic E-state index is 13.0. The van der Waals surface area contributed by atoms with E-state index in [0.29, 0.717) is 10.8 Å². The van der Waals surface area contributed by atoms with Gasteiger partial charge in [-0.15, -0.1) is 0 Å². The average Bonchev–Trinajstić information content (AvgIpc) is 2.82. The molecule has 0 aliphatic heterocycles. The molecule has 0 spiro atoms. The number of hydrogen-bond donors (Lipinski definition) is 4. The summed E-state index contributed by atoms with van der Waals surface area (Å²) in [4.78, 5) is 54.1. The SMILES string of the molecule is COc1ccc(C(NC(=O)c2cnc(C(=O)NCCC(=O)O)[nH]c2=O)c2ccc(Cl)cc2)cc1. The highest BCUT2D eigenvalue weighted by Gasteiger charge is 2.21. The summed E-state index contributed by atoms with van der Waals surface area (Å²) in [6.07, 6.45) is 0.709. The number of aromatic nitrogens is 2. The normalized spacial score (nSPS) is 11.4. The predicted octanol–water partition coefficient (Wildman–Crippen LogP) is 2.16. The number of carboxylic acid groups (broad SMARTS) is 1. The molecule has 0 fully saturated rings. The number of carbonyl (C=O) groups is 3. The molecule has 4 N–H and O–H groups in total. The Bertz CT molecular complexity index is 1240.